The van der Waals surface area contributed by atoms with Crippen LogP contribution in [0.25, 0.3) is 0 Å². The summed E-state index contributed by atoms with van der Waals surface area (Å²) in [5, 5.41) is 13.2. The number of rotatable bonds is 8. The van der Waals surface area contributed by atoms with E-state index < -0.39 is 28.4 Å². The number of hydrazone groups is 1. The second-order valence-electron chi connectivity index (χ2n) is 7.17. The fourth-order valence-corrected chi connectivity index (χ4v) is 4.81. The molecule has 0 aliphatic rings. The van der Waals surface area contributed by atoms with Crippen LogP contribution in [0, 0.1) is 6.92 Å². The molecule has 0 heterocycles. The van der Waals surface area contributed by atoms with E-state index in [0.29, 0.717) is 5.56 Å². The smallest absolute Gasteiger partial charge is 0.335 e. The average molecular weight is 520 g/mol. The molecule has 0 radical (unpaired) electrons. The largest absolute Gasteiger partial charge is 0.478 e. The van der Waals surface area contributed by atoms with Crippen LogP contribution in [0.2, 0.25) is 10.0 Å². The van der Waals surface area contributed by atoms with Crippen molar-refractivity contribution in [2.45, 2.75) is 11.8 Å². The Morgan fingerprint density at radius 2 is 1.59 bits per heavy atom. The van der Waals surface area contributed by atoms with Gasteiger partial charge in [-0.25, -0.2) is 18.6 Å². The van der Waals surface area contributed by atoms with E-state index in [1.165, 1.54) is 60.8 Å². The van der Waals surface area contributed by atoms with Crippen LogP contribution in [0.1, 0.15) is 21.5 Å². The van der Waals surface area contributed by atoms with Crippen LogP contribution in [0.15, 0.2) is 76.7 Å². The number of carboxylic acid groups (broad SMARTS) is 1. The highest BCUT2D eigenvalue weighted by molar-refractivity contribution is 7.92. The first-order chi connectivity index (χ1) is 16.1. The number of hydrogen-bond acceptors (Lipinski definition) is 5. The predicted octanol–water partition coefficient (Wildman–Crippen LogP) is 4.35. The molecule has 0 fully saturated rings. The van der Waals surface area contributed by atoms with Gasteiger partial charge < -0.3 is 5.11 Å². The summed E-state index contributed by atoms with van der Waals surface area (Å²) in [6.07, 6.45) is 1.30. The van der Waals surface area contributed by atoms with Crippen LogP contribution in [0.5, 0.6) is 0 Å². The molecule has 0 saturated heterocycles. The molecule has 176 valence electrons. The number of carbonyl (C=O) groups is 2. The molecule has 0 aliphatic carbocycles. The van der Waals surface area contributed by atoms with Gasteiger partial charge >= 0.3 is 5.97 Å². The SMILES string of the molecule is Cc1ccc(S(=O)(=O)N(CC(=O)N/N=C\c2ccc(C(=O)O)cc2)c2cc(Cl)cc(Cl)c2)cc1. The van der Waals surface area contributed by atoms with E-state index in [9.17, 15) is 18.0 Å². The molecule has 1 amide bonds. The second-order valence-corrected chi connectivity index (χ2v) is 9.91. The lowest BCUT2D eigenvalue weighted by Crippen LogP contribution is -2.39. The topological polar surface area (TPSA) is 116 Å². The third-order valence-corrected chi connectivity index (χ3v) is 6.82. The first kappa shape index (κ1) is 25.2. The van der Waals surface area contributed by atoms with Gasteiger partial charge in [0, 0.05) is 10.0 Å². The number of carbonyl (C=O) groups excluding carboxylic acids is 1. The maximum absolute atomic E-state index is 13.4. The number of nitrogens with one attached hydrogen (secondary N) is 1. The monoisotopic (exact) mass is 519 g/mol. The maximum Gasteiger partial charge on any atom is 0.335 e. The molecule has 3 aromatic rings. The standard InChI is InChI=1S/C23H19Cl2N3O5S/c1-15-2-8-21(9-3-15)34(32,33)28(20-11-18(24)10-19(25)12-20)14-22(29)27-26-13-16-4-6-17(7-5-16)23(30)31/h2-13H,14H2,1H3,(H,27,29)(H,30,31)/b26-13-. The van der Waals surface area contributed by atoms with Crippen molar-refractivity contribution in [1.29, 1.82) is 0 Å². The molecule has 11 heteroatoms. The zero-order valence-corrected chi connectivity index (χ0v) is 20.1. The first-order valence-electron chi connectivity index (χ1n) is 9.77. The molecular formula is C23H19Cl2N3O5S. The average Bonchev–Trinajstić information content (AvgIpc) is 2.77. The van der Waals surface area contributed by atoms with Crippen molar-refractivity contribution in [3.05, 3.63) is 93.5 Å². The van der Waals surface area contributed by atoms with Crippen LogP contribution in [-0.4, -0.2) is 38.2 Å². The molecule has 0 saturated carbocycles. The Morgan fingerprint density at radius 3 is 2.15 bits per heavy atom. The molecule has 2 N–H and O–H groups in total. The Morgan fingerprint density at radius 1 is 1.00 bits per heavy atom. The first-order valence-corrected chi connectivity index (χ1v) is 12.0. The number of halogens is 2. The summed E-state index contributed by atoms with van der Waals surface area (Å²) in [7, 11) is -4.14. The molecule has 0 unspecified atom stereocenters. The number of amides is 1. The molecule has 34 heavy (non-hydrogen) atoms. The highest BCUT2D eigenvalue weighted by atomic mass is 35.5. The van der Waals surface area contributed by atoms with Gasteiger partial charge in [0.2, 0.25) is 0 Å². The summed E-state index contributed by atoms with van der Waals surface area (Å²) in [6.45, 7) is 1.23. The molecule has 0 spiro atoms. The Labute approximate surface area is 206 Å². The maximum atomic E-state index is 13.4. The van der Waals surface area contributed by atoms with Crippen LogP contribution >= 0.6 is 23.2 Å². The predicted molar refractivity (Wildman–Crippen MR) is 131 cm³/mol. The third kappa shape index (κ3) is 6.34. The van der Waals surface area contributed by atoms with Crippen molar-refractivity contribution in [3.8, 4) is 0 Å². The summed E-state index contributed by atoms with van der Waals surface area (Å²) < 4.78 is 27.6. The van der Waals surface area contributed by atoms with E-state index in [0.717, 1.165) is 9.87 Å². The van der Waals surface area contributed by atoms with Gasteiger partial charge in [0.05, 0.1) is 22.4 Å². The quantitative estimate of drug-likeness (QED) is 0.339. The molecule has 0 atom stereocenters. The highest BCUT2D eigenvalue weighted by Crippen LogP contribution is 2.29. The van der Waals surface area contributed by atoms with E-state index >= 15 is 0 Å². The van der Waals surface area contributed by atoms with E-state index in [4.69, 9.17) is 28.3 Å². The number of hydrogen-bond donors (Lipinski definition) is 2. The van der Waals surface area contributed by atoms with Gasteiger partial charge in [0.1, 0.15) is 6.54 Å². The van der Waals surface area contributed by atoms with Gasteiger partial charge in [0.15, 0.2) is 0 Å². The molecule has 3 aromatic carbocycles. The number of sulfonamides is 1. The normalized spacial score (nSPS) is 11.4. The van der Waals surface area contributed by atoms with E-state index in [-0.39, 0.29) is 26.2 Å². The van der Waals surface area contributed by atoms with Crippen molar-refractivity contribution in [3.63, 3.8) is 0 Å². The Balaban J connectivity index is 1.84. The minimum Gasteiger partial charge on any atom is -0.478 e. The lowest BCUT2D eigenvalue weighted by molar-refractivity contribution is -0.119. The van der Waals surface area contributed by atoms with Gasteiger partial charge in [-0.2, -0.15) is 5.10 Å². The van der Waals surface area contributed by atoms with Crippen molar-refractivity contribution in [2.75, 3.05) is 10.8 Å². The molecule has 0 bridgehead atoms. The van der Waals surface area contributed by atoms with E-state index in [2.05, 4.69) is 10.5 Å². The van der Waals surface area contributed by atoms with Gasteiger partial charge in [0.25, 0.3) is 15.9 Å². The van der Waals surface area contributed by atoms with Crippen LogP contribution in [0.4, 0.5) is 5.69 Å². The lowest BCUT2D eigenvalue weighted by atomic mass is 10.1. The fraction of sp³-hybridized carbons (Fsp3) is 0.0870. The summed E-state index contributed by atoms with van der Waals surface area (Å²) in [5.74, 6) is -1.78. The third-order valence-electron chi connectivity index (χ3n) is 4.59. The van der Waals surface area contributed by atoms with Crippen LogP contribution in [0.3, 0.4) is 0 Å². The van der Waals surface area contributed by atoms with Crippen molar-refractivity contribution >= 4 is 57.0 Å². The number of nitrogens with zero attached hydrogens (tertiary/aromatic N) is 2. The van der Waals surface area contributed by atoms with Gasteiger partial charge in [-0.3, -0.25) is 9.10 Å². The minimum atomic E-state index is -4.14. The van der Waals surface area contributed by atoms with Crippen molar-refractivity contribution in [1.82, 2.24) is 5.43 Å². The molecular weight excluding hydrogens is 501 g/mol. The van der Waals surface area contributed by atoms with Gasteiger partial charge in [-0.05, 0) is 55.0 Å². The zero-order valence-electron chi connectivity index (χ0n) is 17.8. The van der Waals surface area contributed by atoms with Crippen molar-refractivity contribution < 1.29 is 23.1 Å². The lowest BCUT2D eigenvalue weighted by Gasteiger charge is -2.24. The second kappa shape index (κ2) is 10.7. The van der Waals surface area contributed by atoms with Crippen molar-refractivity contribution in [2.24, 2.45) is 5.10 Å². The zero-order chi connectivity index (χ0) is 24.9. The van der Waals surface area contributed by atoms with Crippen LogP contribution < -0.4 is 9.73 Å². The van der Waals surface area contributed by atoms with E-state index in [1.54, 1.807) is 12.1 Å². The summed E-state index contributed by atoms with van der Waals surface area (Å²) in [6, 6.07) is 16.2. The molecule has 0 aromatic heterocycles. The summed E-state index contributed by atoms with van der Waals surface area (Å²) >= 11 is 12.1. The van der Waals surface area contributed by atoms with Gasteiger partial charge in [-0.15, -0.1) is 0 Å². The number of carboxylic acids is 1. The Hall–Kier alpha value is -3.40. The Kier molecular flexibility index (Phi) is 7.93. The van der Waals surface area contributed by atoms with Gasteiger partial charge in [-0.1, -0.05) is 53.0 Å². The summed E-state index contributed by atoms with van der Waals surface area (Å²) in [5.41, 5.74) is 3.91. The molecule has 3 rings (SSSR count). The number of anilines is 1. The van der Waals surface area contributed by atoms with Crippen LogP contribution in [-0.2, 0) is 14.8 Å². The number of benzene rings is 3. The molecule has 8 nitrogen and oxygen atoms in total. The van der Waals surface area contributed by atoms with E-state index in [1.807, 2.05) is 6.92 Å². The number of aryl methyl sites for hydroxylation is 1. The highest BCUT2D eigenvalue weighted by Gasteiger charge is 2.27. The minimum absolute atomic E-state index is 0.0102. The summed E-state index contributed by atoms with van der Waals surface area (Å²) in [4.78, 5) is 23.5. The number of aromatic carboxylic acids is 1. The fourth-order valence-electron chi connectivity index (χ4n) is 2.89. The Bertz CT molecular complexity index is 1320. The molecule has 0 aliphatic heterocycles.